The maximum absolute atomic E-state index is 12.3. The lowest BCUT2D eigenvalue weighted by Gasteiger charge is -2.12. The summed E-state index contributed by atoms with van der Waals surface area (Å²) >= 11 is 0. The second-order valence-corrected chi connectivity index (χ2v) is 6.23. The van der Waals surface area contributed by atoms with Crippen LogP contribution in [0.4, 0.5) is 0 Å². The van der Waals surface area contributed by atoms with Crippen LogP contribution in [-0.4, -0.2) is 18.9 Å². The van der Waals surface area contributed by atoms with Gasteiger partial charge in [-0.05, 0) is 35.4 Å². The van der Waals surface area contributed by atoms with Gasteiger partial charge in [0.05, 0.1) is 12.8 Å². The molecule has 0 aliphatic heterocycles. The molecule has 0 aliphatic rings. The van der Waals surface area contributed by atoms with Crippen molar-refractivity contribution in [1.82, 2.24) is 16.0 Å². The van der Waals surface area contributed by atoms with Crippen molar-refractivity contribution < 1.29 is 9.21 Å². The molecule has 0 atom stereocenters. The molecule has 6 nitrogen and oxygen atoms in total. The fourth-order valence-electron chi connectivity index (χ4n) is 2.69. The number of benzene rings is 2. The summed E-state index contributed by atoms with van der Waals surface area (Å²) in [5.74, 6) is 1.29. The van der Waals surface area contributed by atoms with Gasteiger partial charge in [0, 0.05) is 25.7 Å². The zero-order valence-corrected chi connectivity index (χ0v) is 18.6. The zero-order chi connectivity index (χ0) is 19.6. The number of aliphatic imine (C=N–C) groups is 1. The van der Waals surface area contributed by atoms with E-state index in [9.17, 15) is 4.79 Å². The van der Waals surface area contributed by atoms with Gasteiger partial charge in [-0.3, -0.25) is 9.79 Å². The lowest BCUT2D eigenvalue weighted by atomic mass is 10.1. The Morgan fingerprint density at radius 2 is 1.59 bits per heavy atom. The van der Waals surface area contributed by atoms with E-state index in [0.717, 1.165) is 11.3 Å². The van der Waals surface area contributed by atoms with Gasteiger partial charge in [-0.15, -0.1) is 24.0 Å². The summed E-state index contributed by atoms with van der Waals surface area (Å²) in [6.45, 7) is 1.62. The van der Waals surface area contributed by atoms with Crippen LogP contribution in [0.1, 0.15) is 27.2 Å². The van der Waals surface area contributed by atoms with Crippen molar-refractivity contribution in [2.75, 3.05) is 7.05 Å². The minimum atomic E-state index is -0.134. The predicted octanol–water partition coefficient (Wildman–Crippen LogP) is 3.69. The summed E-state index contributed by atoms with van der Waals surface area (Å²) in [6.07, 6.45) is 1.59. The third-order valence-corrected chi connectivity index (χ3v) is 4.18. The first-order valence-electron chi connectivity index (χ1n) is 9.12. The van der Waals surface area contributed by atoms with Crippen molar-refractivity contribution in [2.24, 2.45) is 4.99 Å². The van der Waals surface area contributed by atoms with Crippen LogP contribution in [0.5, 0.6) is 0 Å². The van der Waals surface area contributed by atoms with Crippen LogP contribution in [0.2, 0.25) is 0 Å². The van der Waals surface area contributed by atoms with E-state index in [1.165, 1.54) is 5.56 Å². The van der Waals surface area contributed by atoms with Crippen LogP contribution in [0.25, 0.3) is 0 Å². The SMILES string of the molecule is CN=C(NCc1ccccc1)NCc1cccc(C(=O)NCc2ccco2)c1.I. The zero-order valence-electron chi connectivity index (χ0n) is 16.2. The van der Waals surface area contributed by atoms with Crippen molar-refractivity contribution in [2.45, 2.75) is 19.6 Å². The molecule has 0 aliphatic carbocycles. The van der Waals surface area contributed by atoms with E-state index >= 15 is 0 Å². The Labute approximate surface area is 187 Å². The number of carbonyl (C=O) groups is 1. The Balaban J connectivity index is 0.00000300. The fraction of sp³-hybridized carbons (Fsp3) is 0.182. The second-order valence-electron chi connectivity index (χ2n) is 6.23. The number of nitrogens with one attached hydrogen (secondary N) is 3. The molecule has 3 N–H and O–H groups in total. The highest BCUT2D eigenvalue weighted by Crippen LogP contribution is 2.06. The van der Waals surface area contributed by atoms with Crippen LogP contribution in [-0.2, 0) is 19.6 Å². The Morgan fingerprint density at radius 1 is 0.862 bits per heavy atom. The smallest absolute Gasteiger partial charge is 0.251 e. The molecule has 2 aromatic carbocycles. The van der Waals surface area contributed by atoms with E-state index in [1.807, 2.05) is 42.5 Å². The molecule has 3 rings (SSSR count). The lowest BCUT2D eigenvalue weighted by Crippen LogP contribution is -2.36. The topological polar surface area (TPSA) is 78.7 Å². The van der Waals surface area contributed by atoms with Gasteiger partial charge in [-0.1, -0.05) is 42.5 Å². The molecule has 1 aromatic heterocycles. The molecule has 1 heterocycles. The van der Waals surface area contributed by atoms with Crippen LogP contribution in [0, 0.1) is 0 Å². The number of rotatable bonds is 7. The summed E-state index contributed by atoms with van der Waals surface area (Å²) in [6, 6.07) is 21.3. The van der Waals surface area contributed by atoms with Crippen LogP contribution < -0.4 is 16.0 Å². The van der Waals surface area contributed by atoms with Gasteiger partial charge in [0.1, 0.15) is 5.76 Å². The largest absolute Gasteiger partial charge is 0.467 e. The molecule has 3 aromatic rings. The summed E-state index contributed by atoms with van der Waals surface area (Å²) in [4.78, 5) is 16.6. The van der Waals surface area contributed by atoms with Gasteiger partial charge in [0.2, 0.25) is 0 Å². The number of furan rings is 1. The van der Waals surface area contributed by atoms with Gasteiger partial charge in [0.15, 0.2) is 5.96 Å². The van der Waals surface area contributed by atoms with Gasteiger partial charge in [-0.2, -0.15) is 0 Å². The normalized spacial score (nSPS) is 10.7. The monoisotopic (exact) mass is 504 g/mol. The second kappa shape index (κ2) is 11.9. The number of hydrogen-bond donors (Lipinski definition) is 3. The first-order chi connectivity index (χ1) is 13.7. The fourth-order valence-corrected chi connectivity index (χ4v) is 2.69. The van der Waals surface area contributed by atoms with E-state index in [4.69, 9.17) is 4.42 Å². The van der Waals surface area contributed by atoms with Crippen LogP contribution in [0.15, 0.2) is 82.4 Å². The first kappa shape index (κ1) is 22.5. The van der Waals surface area contributed by atoms with Gasteiger partial charge in [0.25, 0.3) is 5.91 Å². The molecule has 29 heavy (non-hydrogen) atoms. The van der Waals surface area contributed by atoms with E-state index in [0.29, 0.717) is 31.2 Å². The predicted molar refractivity (Wildman–Crippen MR) is 125 cm³/mol. The van der Waals surface area contributed by atoms with E-state index in [1.54, 1.807) is 25.4 Å². The van der Waals surface area contributed by atoms with Crippen molar-refractivity contribution in [3.8, 4) is 0 Å². The third kappa shape index (κ3) is 7.26. The molecule has 152 valence electrons. The average molecular weight is 504 g/mol. The number of amides is 1. The maximum Gasteiger partial charge on any atom is 0.251 e. The summed E-state index contributed by atoms with van der Waals surface area (Å²) in [5.41, 5.74) is 2.78. The minimum absolute atomic E-state index is 0. The quantitative estimate of drug-likeness (QED) is 0.261. The summed E-state index contributed by atoms with van der Waals surface area (Å²) in [5, 5.41) is 9.40. The third-order valence-electron chi connectivity index (χ3n) is 4.18. The first-order valence-corrected chi connectivity index (χ1v) is 9.12. The van der Waals surface area contributed by atoms with E-state index < -0.39 is 0 Å². The maximum atomic E-state index is 12.3. The molecule has 0 saturated heterocycles. The summed E-state index contributed by atoms with van der Waals surface area (Å²) < 4.78 is 5.23. The Kier molecular flexibility index (Phi) is 9.23. The molecule has 7 heteroatoms. The molecular weight excluding hydrogens is 479 g/mol. The number of carbonyl (C=O) groups excluding carboxylic acids is 1. The summed E-state index contributed by atoms with van der Waals surface area (Å²) in [7, 11) is 1.73. The van der Waals surface area contributed by atoms with Crippen molar-refractivity contribution >= 4 is 35.8 Å². The molecule has 0 radical (unpaired) electrons. The van der Waals surface area contributed by atoms with Crippen LogP contribution >= 0.6 is 24.0 Å². The molecule has 0 spiro atoms. The number of hydrogen-bond acceptors (Lipinski definition) is 3. The molecule has 1 amide bonds. The van der Waals surface area contributed by atoms with Crippen molar-refractivity contribution in [1.29, 1.82) is 0 Å². The van der Waals surface area contributed by atoms with Gasteiger partial charge < -0.3 is 20.4 Å². The van der Waals surface area contributed by atoms with Gasteiger partial charge >= 0.3 is 0 Å². The molecular formula is C22H25IN4O2. The Bertz CT molecular complexity index is 912. The molecule has 0 unspecified atom stereocenters. The number of halogens is 1. The van der Waals surface area contributed by atoms with Crippen molar-refractivity contribution in [3.05, 3.63) is 95.4 Å². The molecule has 0 bridgehead atoms. The minimum Gasteiger partial charge on any atom is -0.467 e. The van der Waals surface area contributed by atoms with Gasteiger partial charge in [-0.25, -0.2) is 0 Å². The number of nitrogens with zero attached hydrogens (tertiary/aromatic N) is 1. The van der Waals surface area contributed by atoms with E-state index in [-0.39, 0.29) is 29.9 Å². The average Bonchev–Trinajstić information content (AvgIpc) is 3.27. The number of guanidine groups is 1. The highest BCUT2D eigenvalue weighted by Gasteiger charge is 2.07. The highest BCUT2D eigenvalue weighted by atomic mass is 127. The molecule has 0 fully saturated rings. The van der Waals surface area contributed by atoms with Crippen molar-refractivity contribution in [3.63, 3.8) is 0 Å². The molecule has 0 saturated carbocycles. The Hall–Kier alpha value is -2.81. The highest BCUT2D eigenvalue weighted by molar-refractivity contribution is 14.0. The standard InChI is InChI=1S/C22H24N4O2.HI/c1-23-22(25-14-17-7-3-2-4-8-17)26-15-18-9-5-10-19(13-18)21(27)24-16-20-11-6-12-28-20;/h2-13H,14-16H2,1H3,(H,24,27)(H2,23,25,26);1H. The lowest BCUT2D eigenvalue weighted by molar-refractivity contribution is 0.0948. The Morgan fingerprint density at radius 3 is 2.28 bits per heavy atom. The van der Waals surface area contributed by atoms with E-state index in [2.05, 4.69) is 33.1 Å². The van der Waals surface area contributed by atoms with Crippen LogP contribution in [0.3, 0.4) is 0 Å².